The number of fused-ring (bicyclic) bond motifs is 1. The first kappa shape index (κ1) is 21.6. The van der Waals surface area contributed by atoms with Gasteiger partial charge in [0.25, 0.3) is 0 Å². The predicted molar refractivity (Wildman–Crippen MR) is 117 cm³/mol. The van der Waals surface area contributed by atoms with Gasteiger partial charge in [-0.05, 0) is 74.7 Å². The summed E-state index contributed by atoms with van der Waals surface area (Å²) in [5, 5.41) is 1.23. The summed E-state index contributed by atoms with van der Waals surface area (Å²) < 4.78 is 25.1. The third-order valence-corrected chi connectivity index (χ3v) is 7.45. The minimum absolute atomic E-state index is 0. The normalized spacial score (nSPS) is 17.7. The van der Waals surface area contributed by atoms with Gasteiger partial charge in [0.05, 0.1) is 10.6 Å². The average Bonchev–Trinajstić information content (AvgIpc) is 3.27. The summed E-state index contributed by atoms with van der Waals surface area (Å²) in [6.45, 7) is 1.18. The Bertz CT molecular complexity index is 1030. The van der Waals surface area contributed by atoms with Crippen molar-refractivity contribution in [1.82, 2.24) is 9.88 Å². The van der Waals surface area contributed by atoms with Gasteiger partial charge in [-0.3, -0.25) is 0 Å². The van der Waals surface area contributed by atoms with Gasteiger partial charge in [0, 0.05) is 23.1 Å². The topological polar surface area (TPSA) is 53.2 Å². The molecule has 4 rings (SSSR count). The van der Waals surface area contributed by atoms with Gasteiger partial charge in [-0.15, -0.1) is 0 Å². The van der Waals surface area contributed by atoms with Crippen LogP contribution in [0.15, 0.2) is 59.6 Å². The second kappa shape index (κ2) is 9.14. The number of aryl methyl sites for hydroxylation is 1. The van der Waals surface area contributed by atoms with Crippen LogP contribution in [-0.2, 0) is 22.7 Å². The molecule has 2 heterocycles. The Kier molecular flexibility index (Phi) is 7.05. The molecule has 1 fully saturated rings. The molecule has 0 radical (unpaired) electrons. The fourth-order valence-electron chi connectivity index (χ4n) is 4.04. The van der Waals surface area contributed by atoms with Crippen molar-refractivity contribution in [3.63, 3.8) is 0 Å². The van der Waals surface area contributed by atoms with Gasteiger partial charge in [0.2, 0.25) is 0 Å². The van der Waals surface area contributed by atoms with Gasteiger partial charge in [-0.25, -0.2) is 8.42 Å². The zero-order chi connectivity index (χ0) is 18.9. The predicted octanol–water partition coefficient (Wildman–Crippen LogP) is 3.17. The van der Waals surface area contributed by atoms with Crippen molar-refractivity contribution in [2.75, 3.05) is 19.3 Å². The Balaban J connectivity index is 0.00000225. The van der Waals surface area contributed by atoms with Crippen molar-refractivity contribution in [2.24, 2.45) is 0 Å². The van der Waals surface area contributed by atoms with Crippen molar-refractivity contribution in [1.29, 1.82) is 0 Å². The third-order valence-electron chi connectivity index (χ3n) is 5.72. The zero-order valence-corrected chi connectivity index (χ0v) is 16.5. The Hall–Kier alpha value is -1.11. The van der Waals surface area contributed by atoms with E-state index in [2.05, 4.69) is 35.3 Å². The molecule has 6 heteroatoms. The summed E-state index contributed by atoms with van der Waals surface area (Å²) in [4.78, 5) is 6.21. The maximum absolute atomic E-state index is 12.5. The Morgan fingerprint density at radius 2 is 1.93 bits per heavy atom. The molecule has 0 unspecified atom stereocenters. The van der Waals surface area contributed by atoms with Gasteiger partial charge in [0.1, 0.15) is 0 Å². The van der Waals surface area contributed by atoms with Crippen molar-refractivity contribution in [3.8, 4) is 0 Å². The molecule has 144 valence electrons. The van der Waals surface area contributed by atoms with Crippen LogP contribution in [0.1, 0.15) is 24.0 Å². The molecule has 0 spiro atoms. The number of likely N-dealkylation sites (N-methyl/N-ethyl adjacent to an activating group) is 1. The number of hydrogen-bond acceptors (Lipinski definition) is 3. The number of benzene rings is 2. The summed E-state index contributed by atoms with van der Waals surface area (Å²) in [6, 6.07) is 15.6. The number of aromatic amines is 1. The van der Waals surface area contributed by atoms with Gasteiger partial charge in [0.15, 0.2) is 9.84 Å². The standard InChI is InChI=1S/C22H26N2O2S.Na.H/c1-24-12-5-6-19(24)15-18-16-23-22-10-9-17(14-21(18)22)11-13-27(25,26)20-7-3-2-4-8-20;;/h2-4,7-10,14,16,19,23H,5-6,11-13,15H2,1H3;;/t19-;;/m1../s1. The molecule has 0 aliphatic carbocycles. The molecule has 0 bridgehead atoms. The van der Waals surface area contributed by atoms with Crippen LogP contribution in [0.5, 0.6) is 0 Å². The van der Waals surface area contributed by atoms with E-state index in [1.807, 2.05) is 12.1 Å². The van der Waals surface area contributed by atoms with E-state index >= 15 is 0 Å². The van der Waals surface area contributed by atoms with Crippen molar-refractivity contribution >= 4 is 50.3 Å². The Morgan fingerprint density at radius 3 is 2.64 bits per heavy atom. The van der Waals surface area contributed by atoms with E-state index in [9.17, 15) is 8.42 Å². The first-order chi connectivity index (χ1) is 13.0. The quantitative estimate of drug-likeness (QED) is 0.640. The SMILES string of the molecule is CN1CCC[C@@H]1Cc1c[nH]c2ccc(CCS(=O)(=O)c3ccccc3)cc12.[NaH]. The Morgan fingerprint density at radius 1 is 1.14 bits per heavy atom. The number of aromatic nitrogens is 1. The van der Waals surface area contributed by atoms with E-state index in [1.54, 1.807) is 24.3 Å². The number of nitrogens with one attached hydrogen (secondary N) is 1. The summed E-state index contributed by atoms with van der Waals surface area (Å²) >= 11 is 0. The summed E-state index contributed by atoms with van der Waals surface area (Å²) in [6.07, 6.45) is 6.20. The number of sulfone groups is 1. The molecule has 1 N–H and O–H groups in total. The molecule has 4 nitrogen and oxygen atoms in total. The van der Waals surface area contributed by atoms with Crippen LogP contribution in [0.3, 0.4) is 0 Å². The molecule has 1 saturated heterocycles. The van der Waals surface area contributed by atoms with Crippen molar-refractivity contribution in [3.05, 3.63) is 65.9 Å². The van der Waals surface area contributed by atoms with Crippen LogP contribution in [-0.4, -0.2) is 73.2 Å². The first-order valence-corrected chi connectivity index (χ1v) is 11.2. The third kappa shape index (κ3) is 4.71. The second-order valence-electron chi connectivity index (χ2n) is 7.56. The molecule has 1 aromatic heterocycles. The molecule has 0 saturated carbocycles. The summed E-state index contributed by atoms with van der Waals surface area (Å²) in [5.74, 6) is 0.133. The minimum atomic E-state index is -3.25. The van der Waals surface area contributed by atoms with Crippen LogP contribution in [0.25, 0.3) is 10.9 Å². The first-order valence-electron chi connectivity index (χ1n) is 9.60. The average molecular weight is 407 g/mol. The van der Waals surface area contributed by atoms with Crippen LogP contribution >= 0.6 is 0 Å². The molecule has 2 aromatic carbocycles. The van der Waals surface area contributed by atoms with Crippen LogP contribution in [0, 0.1) is 0 Å². The molecule has 0 amide bonds. The molecule has 1 aliphatic heterocycles. The van der Waals surface area contributed by atoms with E-state index < -0.39 is 9.84 Å². The summed E-state index contributed by atoms with van der Waals surface area (Å²) in [5.41, 5.74) is 3.53. The van der Waals surface area contributed by atoms with Gasteiger partial charge in [-0.2, -0.15) is 0 Å². The van der Waals surface area contributed by atoms with Crippen molar-refractivity contribution < 1.29 is 8.42 Å². The zero-order valence-electron chi connectivity index (χ0n) is 15.7. The second-order valence-corrected chi connectivity index (χ2v) is 9.67. The fourth-order valence-corrected chi connectivity index (χ4v) is 5.35. The number of likely N-dealkylation sites (tertiary alicyclic amines) is 1. The van der Waals surface area contributed by atoms with Gasteiger partial charge >= 0.3 is 29.6 Å². The molecule has 28 heavy (non-hydrogen) atoms. The number of rotatable bonds is 6. The van der Waals surface area contributed by atoms with Gasteiger partial charge < -0.3 is 9.88 Å². The number of H-pyrrole nitrogens is 1. The van der Waals surface area contributed by atoms with E-state index in [0.717, 1.165) is 17.5 Å². The summed E-state index contributed by atoms with van der Waals surface area (Å²) in [7, 11) is -1.05. The van der Waals surface area contributed by atoms with E-state index in [4.69, 9.17) is 0 Å². The monoisotopic (exact) mass is 406 g/mol. The van der Waals surface area contributed by atoms with Crippen molar-refractivity contribution in [2.45, 2.75) is 36.6 Å². The Labute approximate surface area is 189 Å². The molecule has 1 aliphatic rings. The van der Waals surface area contributed by atoms with E-state index in [1.165, 1.54) is 30.3 Å². The molecule has 1 atom stereocenters. The van der Waals surface area contributed by atoms with E-state index in [-0.39, 0.29) is 35.3 Å². The maximum atomic E-state index is 12.5. The van der Waals surface area contributed by atoms with E-state index in [0.29, 0.717) is 17.4 Å². The fraction of sp³-hybridized carbons (Fsp3) is 0.364. The molecular formula is C22H27N2NaO2S. The van der Waals surface area contributed by atoms with Gasteiger partial charge in [-0.1, -0.05) is 24.3 Å². The molecular weight excluding hydrogens is 379 g/mol. The van der Waals surface area contributed by atoms with Crippen LogP contribution in [0.2, 0.25) is 0 Å². The number of hydrogen-bond donors (Lipinski definition) is 1. The number of nitrogens with zero attached hydrogens (tertiary/aromatic N) is 1. The van der Waals surface area contributed by atoms with Crippen LogP contribution in [0.4, 0.5) is 0 Å². The van der Waals surface area contributed by atoms with Crippen LogP contribution < -0.4 is 0 Å². The molecule has 3 aromatic rings.